The average Bonchev–Trinajstić information content (AvgIpc) is 3.26. The first kappa shape index (κ1) is 32.0. The van der Waals surface area contributed by atoms with Crippen LogP contribution >= 0.6 is 0 Å². The standard InChI is InChI=1S/C54H34N2/c1-3-15-43-33-51-49(31-41(43)13-1)53(39-27-23-37(24-28-39)47-21-9-17-35-11-5-7-19-45(35)47)56-52-34-44-16-4-2-14-42(44)32-50(52)54(55-51)40-29-25-38(26-30-40)48-22-10-18-36-12-6-8-20-46(36)48/h1-34H/b53-49?,54-50?,55-51?,55-54-,56-52?,56-53-. The van der Waals surface area contributed by atoms with Gasteiger partial charge in [-0.25, -0.2) is 9.98 Å². The van der Waals surface area contributed by atoms with Crippen molar-refractivity contribution in [1.82, 2.24) is 0 Å². The molecule has 0 N–H and O–H groups in total. The second-order valence-corrected chi connectivity index (χ2v) is 14.6. The Hall–Kier alpha value is -7.42. The summed E-state index contributed by atoms with van der Waals surface area (Å²) < 4.78 is 0. The third kappa shape index (κ3) is 5.51. The molecule has 0 amide bonds. The van der Waals surface area contributed by atoms with Gasteiger partial charge in [-0.05, 0) is 89.6 Å². The van der Waals surface area contributed by atoms with E-state index in [0.717, 1.165) is 66.6 Å². The minimum absolute atomic E-state index is 0.896. The van der Waals surface area contributed by atoms with Crippen LogP contribution < -0.4 is 0 Å². The summed E-state index contributed by atoms with van der Waals surface area (Å²) in [6, 6.07) is 74.0. The molecule has 0 atom stereocenters. The fraction of sp³-hybridized carbons (Fsp3) is 0. The number of fused-ring (bicyclic) bond motifs is 6. The predicted octanol–water partition coefficient (Wildman–Crippen LogP) is 14.3. The van der Waals surface area contributed by atoms with Crippen LogP contribution in [0.25, 0.3) is 65.3 Å². The SMILES string of the molecule is c1ccc2cc3c(cc2c1)/N=C(/c1ccc(-c2cccc4ccccc24)cc1)c1cc2ccccc2cc1/N=C\3c1ccc(-c2cccc3ccccc23)cc1. The van der Waals surface area contributed by atoms with Gasteiger partial charge in [-0.1, -0.05) is 182 Å². The van der Waals surface area contributed by atoms with E-state index in [4.69, 9.17) is 9.98 Å². The maximum atomic E-state index is 5.63. The molecule has 0 spiro atoms. The minimum atomic E-state index is 0.896. The van der Waals surface area contributed by atoms with Gasteiger partial charge in [0, 0.05) is 22.3 Å². The third-order valence-corrected chi connectivity index (χ3v) is 11.2. The van der Waals surface area contributed by atoms with Gasteiger partial charge in [-0.2, -0.15) is 0 Å². The molecule has 1 aliphatic rings. The summed E-state index contributed by atoms with van der Waals surface area (Å²) in [6.07, 6.45) is 0. The van der Waals surface area contributed by atoms with E-state index in [0.29, 0.717) is 0 Å². The summed E-state index contributed by atoms with van der Waals surface area (Å²) in [7, 11) is 0. The Labute approximate surface area is 325 Å². The molecule has 0 unspecified atom stereocenters. The normalized spacial score (nSPS) is 14.4. The van der Waals surface area contributed by atoms with E-state index in [2.05, 4.69) is 206 Å². The number of aliphatic imine (C=N–C) groups is 2. The van der Waals surface area contributed by atoms with Crippen LogP contribution in [0.2, 0.25) is 0 Å². The molecule has 10 aromatic rings. The quantitative estimate of drug-likeness (QED) is 0.174. The molecule has 1 aliphatic heterocycles. The zero-order chi connectivity index (χ0) is 37.0. The van der Waals surface area contributed by atoms with Crippen LogP contribution in [0.1, 0.15) is 22.3 Å². The van der Waals surface area contributed by atoms with Gasteiger partial charge in [-0.3, -0.25) is 0 Å². The Bertz CT molecular complexity index is 2990. The Morgan fingerprint density at radius 2 is 0.554 bits per heavy atom. The lowest BCUT2D eigenvalue weighted by Gasteiger charge is -2.20. The molecule has 2 nitrogen and oxygen atoms in total. The maximum Gasteiger partial charge on any atom is 0.0803 e. The summed E-state index contributed by atoms with van der Waals surface area (Å²) in [4.78, 5) is 11.3. The molecule has 56 heavy (non-hydrogen) atoms. The zero-order valence-electron chi connectivity index (χ0n) is 30.5. The van der Waals surface area contributed by atoms with E-state index in [-0.39, 0.29) is 0 Å². The van der Waals surface area contributed by atoms with Crippen molar-refractivity contribution < 1.29 is 0 Å². The van der Waals surface area contributed by atoms with E-state index in [9.17, 15) is 0 Å². The number of hydrogen-bond acceptors (Lipinski definition) is 2. The zero-order valence-corrected chi connectivity index (χ0v) is 30.5. The average molecular weight is 711 g/mol. The van der Waals surface area contributed by atoms with Crippen molar-refractivity contribution in [3.05, 3.63) is 229 Å². The molecule has 0 aromatic heterocycles. The monoisotopic (exact) mass is 710 g/mol. The topological polar surface area (TPSA) is 24.7 Å². The highest BCUT2D eigenvalue weighted by molar-refractivity contribution is 6.24. The summed E-state index contributed by atoms with van der Waals surface area (Å²) >= 11 is 0. The minimum Gasteiger partial charge on any atom is -0.247 e. The molecular formula is C54H34N2. The van der Waals surface area contributed by atoms with Crippen molar-refractivity contribution in [3.63, 3.8) is 0 Å². The lowest BCUT2D eigenvalue weighted by Crippen LogP contribution is -2.10. The smallest absolute Gasteiger partial charge is 0.0803 e. The van der Waals surface area contributed by atoms with Crippen LogP contribution in [0.5, 0.6) is 0 Å². The largest absolute Gasteiger partial charge is 0.247 e. The van der Waals surface area contributed by atoms with Crippen molar-refractivity contribution in [1.29, 1.82) is 0 Å². The first-order valence-electron chi connectivity index (χ1n) is 19.1. The summed E-state index contributed by atoms with van der Waals surface area (Å²) in [5, 5.41) is 9.56. The highest BCUT2D eigenvalue weighted by atomic mass is 14.8. The van der Waals surface area contributed by atoms with Crippen molar-refractivity contribution in [2.24, 2.45) is 9.98 Å². The number of rotatable bonds is 4. The lowest BCUT2D eigenvalue weighted by molar-refractivity contribution is 1.41. The van der Waals surface area contributed by atoms with Gasteiger partial charge in [-0.15, -0.1) is 0 Å². The molecule has 0 saturated carbocycles. The van der Waals surface area contributed by atoms with Gasteiger partial charge >= 0.3 is 0 Å². The number of benzene rings is 10. The molecule has 260 valence electrons. The highest BCUT2D eigenvalue weighted by Crippen LogP contribution is 2.39. The molecule has 1 heterocycles. The Kier molecular flexibility index (Phi) is 7.53. The Balaban J connectivity index is 1.11. The van der Waals surface area contributed by atoms with Crippen LogP contribution in [0.15, 0.2) is 216 Å². The van der Waals surface area contributed by atoms with E-state index in [1.807, 2.05) is 0 Å². The molecule has 10 aromatic carbocycles. The predicted molar refractivity (Wildman–Crippen MR) is 237 cm³/mol. The van der Waals surface area contributed by atoms with Crippen molar-refractivity contribution >= 4 is 65.9 Å². The Morgan fingerprint density at radius 1 is 0.232 bits per heavy atom. The third-order valence-electron chi connectivity index (χ3n) is 11.2. The van der Waals surface area contributed by atoms with Crippen molar-refractivity contribution in [3.8, 4) is 22.3 Å². The molecule has 0 aliphatic carbocycles. The van der Waals surface area contributed by atoms with Crippen LogP contribution in [-0.2, 0) is 0 Å². The molecular weight excluding hydrogens is 677 g/mol. The summed E-state index contributed by atoms with van der Waals surface area (Å²) in [5.41, 5.74) is 12.5. The van der Waals surface area contributed by atoms with Gasteiger partial charge in [0.05, 0.1) is 22.8 Å². The van der Waals surface area contributed by atoms with Crippen molar-refractivity contribution in [2.75, 3.05) is 0 Å². The van der Waals surface area contributed by atoms with E-state index in [1.165, 1.54) is 43.8 Å². The fourth-order valence-electron chi connectivity index (χ4n) is 8.39. The van der Waals surface area contributed by atoms with Gasteiger partial charge in [0.2, 0.25) is 0 Å². The summed E-state index contributed by atoms with van der Waals surface area (Å²) in [6.45, 7) is 0. The molecule has 0 saturated heterocycles. The van der Waals surface area contributed by atoms with Gasteiger partial charge < -0.3 is 0 Å². The summed E-state index contributed by atoms with van der Waals surface area (Å²) in [5.74, 6) is 0. The van der Waals surface area contributed by atoms with Gasteiger partial charge in [0.15, 0.2) is 0 Å². The molecule has 2 heteroatoms. The molecule has 0 bridgehead atoms. The van der Waals surface area contributed by atoms with Crippen LogP contribution in [0, 0.1) is 0 Å². The van der Waals surface area contributed by atoms with E-state index in [1.54, 1.807) is 0 Å². The van der Waals surface area contributed by atoms with Crippen molar-refractivity contribution in [2.45, 2.75) is 0 Å². The first-order chi connectivity index (χ1) is 27.7. The van der Waals surface area contributed by atoms with Gasteiger partial charge in [0.1, 0.15) is 0 Å². The maximum absolute atomic E-state index is 5.63. The molecule has 11 rings (SSSR count). The molecule has 0 radical (unpaired) electrons. The first-order valence-corrected chi connectivity index (χ1v) is 19.1. The second kappa shape index (κ2) is 13.2. The fourth-order valence-corrected chi connectivity index (χ4v) is 8.39. The lowest BCUT2D eigenvalue weighted by atomic mass is 9.91. The van der Waals surface area contributed by atoms with E-state index < -0.39 is 0 Å². The Morgan fingerprint density at radius 3 is 0.964 bits per heavy atom. The van der Waals surface area contributed by atoms with E-state index >= 15 is 0 Å². The molecule has 0 fully saturated rings. The van der Waals surface area contributed by atoms with Crippen LogP contribution in [0.4, 0.5) is 11.4 Å². The number of nitrogens with zero attached hydrogens (tertiary/aromatic N) is 2. The second-order valence-electron chi connectivity index (χ2n) is 14.6. The highest BCUT2D eigenvalue weighted by Gasteiger charge is 2.22. The number of hydrogen-bond donors (Lipinski definition) is 0. The van der Waals surface area contributed by atoms with Crippen LogP contribution in [-0.4, -0.2) is 11.4 Å². The van der Waals surface area contributed by atoms with Gasteiger partial charge in [0.25, 0.3) is 0 Å². The van der Waals surface area contributed by atoms with Crippen LogP contribution in [0.3, 0.4) is 0 Å².